The van der Waals surface area contributed by atoms with Crippen LogP contribution in [0.25, 0.3) is 0 Å². The molecular formula is C19H18N4OS. The second kappa shape index (κ2) is 6.29. The van der Waals surface area contributed by atoms with Crippen molar-refractivity contribution in [2.75, 3.05) is 10.2 Å². The fourth-order valence-corrected chi connectivity index (χ4v) is 3.78. The first-order valence-corrected chi connectivity index (χ1v) is 9.07. The molecule has 3 heterocycles. The van der Waals surface area contributed by atoms with E-state index in [0.717, 1.165) is 22.1 Å². The average Bonchev–Trinajstić information content (AvgIpc) is 3.13. The zero-order chi connectivity index (χ0) is 17.4. The number of aromatic nitrogens is 2. The minimum Gasteiger partial charge on any atom is -0.359 e. The van der Waals surface area contributed by atoms with Crippen LogP contribution in [0.4, 0.5) is 11.4 Å². The van der Waals surface area contributed by atoms with Gasteiger partial charge in [0.15, 0.2) is 6.17 Å². The molecule has 1 aromatic carbocycles. The number of thiazole rings is 1. The fourth-order valence-electron chi connectivity index (χ4n) is 2.92. The predicted molar refractivity (Wildman–Crippen MR) is 100 cm³/mol. The number of pyridine rings is 1. The summed E-state index contributed by atoms with van der Waals surface area (Å²) in [6.07, 6.45) is 3.05. The Balaban J connectivity index is 1.83. The van der Waals surface area contributed by atoms with E-state index in [1.807, 2.05) is 41.8 Å². The lowest BCUT2D eigenvalue weighted by Gasteiger charge is -2.37. The van der Waals surface area contributed by atoms with Crippen molar-refractivity contribution in [3.8, 4) is 0 Å². The molecule has 0 spiro atoms. The number of carbonyl (C=O) groups excluding carboxylic acids is 1. The maximum Gasteiger partial charge on any atom is 0.262 e. The van der Waals surface area contributed by atoms with Crippen LogP contribution in [-0.2, 0) is 0 Å². The molecule has 0 bridgehead atoms. The quantitative estimate of drug-likeness (QED) is 0.759. The molecule has 2 aromatic heterocycles. The first kappa shape index (κ1) is 15.8. The number of carbonyl (C=O) groups is 1. The van der Waals surface area contributed by atoms with E-state index in [-0.39, 0.29) is 12.1 Å². The highest BCUT2D eigenvalue weighted by atomic mass is 32.1. The first-order valence-electron chi connectivity index (χ1n) is 8.19. The van der Waals surface area contributed by atoms with E-state index in [4.69, 9.17) is 4.98 Å². The van der Waals surface area contributed by atoms with Crippen LogP contribution >= 0.6 is 11.3 Å². The van der Waals surface area contributed by atoms with E-state index in [1.54, 1.807) is 28.6 Å². The maximum atomic E-state index is 13.2. The first-order chi connectivity index (χ1) is 12.1. The highest BCUT2D eigenvalue weighted by Gasteiger charge is 2.35. The summed E-state index contributed by atoms with van der Waals surface area (Å²) >= 11 is 1.63. The molecular weight excluding hydrogens is 332 g/mol. The maximum absolute atomic E-state index is 13.2. The van der Waals surface area contributed by atoms with Crippen LogP contribution < -0.4 is 10.2 Å². The van der Waals surface area contributed by atoms with Gasteiger partial charge < -0.3 is 5.32 Å². The SMILES string of the molecule is CC(C)c1nc(C2Nc3ccccc3C(=O)N2c2ccncc2)cs1. The van der Waals surface area contributed by atoms with Crippen LogP contribution in [0.2, 0.25) is 0 Å². The predicted octanol–water partition coefficient (Wildman–Crippen LogP) is 4.43. The standard InChI is InChI=1S/C19H18N4OS/c1-12(2)18-22-16(11-25-18)17-21-15-6-4-3-5-14(15)19(24)23(17)13-7-9-20-10-8-13/h3-12,17,21H,1-2H3. The lowest BCUT2D eigenvalue weighted by molar-refractivity contribution is 0.0974. The number of benzene rings is 1. The van der Waals surface area contributed by atoms with Gasteiger partial charge in [-0.05, 0) is 24.3 Å². The Kier molecular flexibility index (Phi) is 3.97. The molecule has 6 heteroatoms. The molecule has 0 radical (unpaired) electrons. The van der Waals surface area contributed by atoms with Crippen molar-refractivity contribution < 1.29 is 4.79 Å². The molecule has 1 amide bonds. The van der Waals surface area contributed by atoms with E-state index < -0.39 is 0 Å². The van der Waals surface area contributed by atoms with Gasteiger partial charge in [-0.1, -0.05) is 26.0 Å². The molecule has 126 valence electrons. The summed E-state index contributed by atoms with van der Waals surface area (Å²) < 4.78 is 0. The third-order valence-corrected chi connectivity index (χ3v) is 5.34. The van der Waals surface area contributed by atoms with Crippen LogP contribution in [0, 0.1) is 0 Å². The molecule has 0 saturated heterocycles. The van der Waals surface area contributed by atoms with Gasteiger partial charge in [0.1, 0.15) is 0 Å². The van der Waals surface area contributed by atoms with Crippen molar-refractivity contribution in [3.05, 3.63) is 70.4 Å². The van der Waals surface area contributed by atoms with Gasteiger partial charge in [-0.3, -0.25) is 14.7 Å². The molecule has 5 nitrogen and oxygen atoms in total. The zero-order valence-corrected chi connectivity index (χ0v) is 14.8. The molecule has 1 N–H and O–H groups in total. The Hall–Kier alpha value is -2.73. The highest BCUT2D eigenvalue weighted by Crippen LogP contribution is 2.37. The second-order valence-electron chi connectivity index (χ2n) is 6.24. The lowest BCUT2D eigenvalue weighted by Crippen LogP contribution is -2.43. The van der Waals surface area contributed by atoms with Gasteiger partial charge in [0.05, 0.1) is 16.3 Å². The molecule has 3 aromatic rings. The summed E-state index contributed by atoms with van der Waals surface area (Å²) in [6.45, 7) is 4.25. The van der Waals surface area contributed by atoms with Crippen molar-refractivity contribution >= 4 is 28.6 Å². The summed E-state index contributed by atoms with van der Waals surface area (Å²) in [5.41, 5.74) is 3.15. The molecule has 4 rings (SSSR count). The molecule has 25 heavy (non-hydrogen) atoms. The Morgan fingerprint density at radius 1 is 1.16 bits per heavy atom. The minimum absolute atomic E-state index is 0.0374. The van der Waals surface area contributed by atoms with Gasteiger partial charge in [-0.15, -0.1) is 11.3 Å². The summed E-state index contributed by atoms with van der Waals surface area (Å²) in [7, 11) is 0. The van der Waals surface area contributed by atoms with Crippen molar-refractivity contribution in [1.29, 1.82) is 0 Å². The van der Waals surface area contributed by atoms with Crippen molar-refractivity contribution in [2.24, 2.45) is 0 Å². The molecule has 0 saturated carbocycles. The number of hydrogen-bond acceptors (Lipinski definition) is 5. The summed E-state index contributed by atoms with van der Waals surface area (Å²) in [4.78, 5) is 23.8. The topological polar surface area (TPSA) is 58.1 Å². The molecule has 0 fully saturated rings. The van der Waals surface area contributed by atoms with Gasteiger partial charge >= 0.3 is 0 Å². The zero-order valence-electron chi connectivity index (χ0n) is 14.0. The Morgan fingerprint density at radius 3 is 2.64 bits per heavy atom. The fraction of sp³-hybridized carbons (Fsp3) is 0.211. The summed E-state index contributed by atoms with van der Waals surface area (Å²) in [5.74, 6) is 0.323. The monoisotopic (exact) mass is 350 g/mol. The smallest absolute Gasteiger partial charge is 0.262 e. The van der Waals surface area contributed by atoms with E-state index in [9.17, 15) is 4.79 Å². The van der Waals surface area contributed by atoms with Crippen molar-refractivity contribution in [1.82, 2.24) is 9.97 Å². The number of nitrogens with one attached hydrogen (secondary N) is 1. The van der Waals surface area contributed by atoms with Crippen LogP contribution in [0.5, 0.6) is 0 Å². The molecule has 1 unspecified atom stereocenters. The lowest BCUT2D eigenvalue weighted by atomic mass is 10.1. The van der Waals surface area contributed by atoms with E-state index in [2.05, 4.69) is 24.1 Å². The van der Waals surface area contributed by atoms with Crippen molar-refractivity contribution in [2.45, 2.75) is 25.9 Å². The number of amides is 1. The van der Waals surface area contributed by atoms with Crippen LogP contribution in [0.1, 0.15) is 47.0 Å². The Bertz CT molecular complexity index is 907. The van der Waals surface area contributed by atoms with Gasteiger partial charge in [0, 0.05) is 35.1 Å². The van der Waals surface area contributed by atoms with E-state index in [1.165, 1.54) is 0 Å². The Morgan fingerprint density at radius 2 is 1.92 bits per heavy atom. The number of para-hydroxylation sites is 1. The third-order valence-electron chi connectivity index (χ3n) is 4.18. The van der Waals surface area contributed by atoms with Gasteiger partial charge in [-0.25, -0.2) is 4.98 Å². The number of anilines is 2. The molecule has 0 aliphatic carbocycles. The number of rotatable bonds is 3. The largest absolute Gasteiger partial charge is 0.359 e. The number of nitrogens with zero attached hydrogens (tertiary/aromatic N) is 3. The minimum atomic E-state index is -0.339. The van der Waals surface area contributed by atoms with E-state index >= 15 is 0 Å². The normalized spacial score (nSPS) is 16.7. The van der Waals surface area contributed by atoms with Gasteiger partial charge in [0.2, 0.25) is 0 Å². The average molecular weight is 350 g/mol. The highest BCUT2D eigenvalue weighted by molar-refractivity contribution is 7.09. The van der Waals surface area contributed by atoms with Crippen LogP contribution in [0.15, 0.2) is 54.2 Å². The summed E-state index contributed by atoms with van der Waals surface area (Å²) in [6, 6.07) is 11.3. The molecule has 1 atom stereocenters. The van der Waals surface area contributed by atoms with Crippen molar-refractivity contribution in [3.63, 3.8) is 0 Å². The second-order valence-corrected chi connectivity index (χ2v) is 7.13. The van der Waals surface area contributed by atoms with Crippen LogP contribution in [0.3, 0.4) is 0 Å². The third kappa shape index (κ3) is 2.78. The molecule has 1 aliphatic heterocycles. The van der Waals surface area contributed by atoms with E-state index in [0.29, 0.717) is 11.5 Å². The number of fused-ring (bicyclic) bond motifs is 1. The number of hydrogen-bond donors (Lipinski definition) is 1. The van der Waals surface area contributed by atoms with Gasteiger partial charge in [-0.2, -0.15) is 0 Å². The van der Waals surface area contributed by atoms with Gasteiger partial charge in [0.25, 0.3) is 5.91 Å². The summed E-state index contributed by atoms with van der Waals surface area (Å²) in [5, 5.41) is 6.57. The Labute approximate surface area is 150 Å². The van der Waals surface area contributed by atoms with Crippen LogP contribution in [-0.4, -0.2) is 15.9 Å². The molecule has 1 aliphatic rings.